The van der Waals surface area contributed by atoms with Gasteiger partial charge in [0.05, 0.1) is 0 Å². The third-order valence-corrected chi connectivity index (χ3v) is 6.43. The molecule has 0 unspecified atom stereocenters. The van der Waals surface area contributed by atoms with Crippen LogP contribution in [0.1, 0.15) is 102 Å². The molecule has 1 heterocycles. The highest BCUT2D eigenvalue weighted by Gasteiger charge is 2.07. The van der Waals surface area contributed by atoms with Crippen LogP contribution in [-0.4, -0.2) is 10.1 Å². The van der Waals surface area contributed by atoms with E-state index in [1.165, 1.54) is 93.7 Å². The smallest absolute Gasteiger partial charge is 0.250 e. The van der Waals surface area contributed by atoms with Gasteiger partial charge in [0.25, 0.3) is 5.89 Å². The van der Waals surface area contributed by atoms with E-state index in [1.807, 2.05) is 6.08 Å². The molecule has 182 valence electrons. The fourth-order valence-corrected chi connectivity index (χ4v) is 4.26. The molecule has 2 aromatic carbocycles. The molecule has 3 nitrogen and oxygen atoms in total. The Labute approximate surface area is 206 Å². The van der Waals surface area contributed by atoms with E-state index >= 15 is 0 Å². The molecule has 0 atom stereocenters. The summed E-state index contributed by atoms with van der Waals surface area (Å²) in [4.78, 5) is 4.53. The van der Waals surface area contributed by atoms with Gasteiger partial charge in [0.1, 0.15) is 0 Å². The molecule has 0 N–H and O–H groups in total. The lowest BCUT2D eigenvalue weighted by Crippen LogP contribution is -1.87. The van der Waals surface area contributed by atoms with Gasteiger partial charge in [0.15, 0.2) is 0 Å². The molecule has 0 fully saturated rings. The lowest BCUT2D eigenvalue weighted by atomic mass is 10.00. The SMILES string of the molecule is CCCCCCC/C=C/c1nc(-c2ccc(-c3ccc(CCCCCCCC)cc3)cc2)no1. The van der Waals surface area contributed by atoms with E-state index < -0.39 is 0 Å². The zero-order valence-electron chi connectivity index (χ0n) is 21.3. The second-order valence-electron chi connectivity index (χ2n) is 9.35. The van der Waals surface area contributed by atoms with Crippen molar-refractivity contribution in [1.82, 2.24) is 10.1 Å². The maximum absolute atomic E-state index is 5.40. The van der Waals surface area contributed by atoms with E-state index in [9.17, 15) is 0 Å². The molecule has 0 saturated heterocycles. The minimum absolute atomic E-state index is 0.577. The Morgan fingerprint density at radius 2 is 1.21 bits per heavy atom. The van der Waals surface area contributed by atoms with Crippen molar-refractivity contribution >= 4 is 6.08 Å². The van der Waals surface area contributed by atoms with Gasteiger partial charge in [-0.1, -0.05) is 131 Å². The third-order valence-electron chi connectivity index (χ3n) is 6.43. The zero-order valence-corrected chi connectivity index (χ0v) is 21.3. The lowest BCUT2D eigenvalue weighted by molar-refractivity contribution is 0.411. The predicted molar refractivity (Wildman–Crippen MR) is 145 cm³/mol. The molecule has 3 aromatic rings. The number of hydrogen-bond donors (Lipinski definition) is 0. The quantitative estimate of drug-likeness (QED) is 0.200. The van der Waals surface area contributed by atoms with Crippen LogP contribution in [0.3, 0.4) is 0 Å². The summed E-state index contributed by atoms with van der Waals surface area (Å²) in [5.74, 6) is 1.22. The van der Waals surface area contributed by atoms with E-state index in [4.69, 9.17) is 4.52 Å². The van der Waals surface area contributed by atoms with E-state index in [-0.39, 0.29) is 0 Å². The first-order chi connectivity index (χ1) is 16.8. The molecule has 0 saturated carbocycles. The predicted octanol–water partition coefficient (Wildman–Crippen LogP) is 9.68. The van der Waals surface area contributed by atoms with Crippen LogP contribution < -0.4 is 0 Å². The van der Waals surface area contributed by atoms with E-state index in [0.717, 1.165) is 12.0 Å². The Morgan fingerprint density at radius 1 is 0.647 bits per heavy atom. The molecule has 0 spiro atoms. The maximum Gasteiger partial charge on any atom is 0.250 e. The fraction of sp³-hybridized carbons (Fsp3) is 0.484. The standard InChI is InChI=1S/C31H42N2O/c1-3-5-7-9-11-13-15-17-30-32-31(33-34-30)29-24-22-28(23-25-29)27-20-18-26(19-21-27)16-14-12-10-8-6-4-2/h15,17-25H,3-14,16H2,1-2H3/b17-15+. The van der Waals surface area contributed by atoms with Crippen molar-refractivity contribution in [2.24, 2.45) is 0 Å². The van der Waals surface area contributed by atoms with Gasteiger partial charge in [-0.25, -0.2) is 0 Å². The van der Waals surface area contributed by atoms with Crippen LogP contribution >= 0.6 is 0 Å². The number of hydrogen-bond acceptors (Lipinski definition) is 3. The van der Waals surface area contributed by atoms with Crippen molar-refractivity contribution in [3.63, 3.8) is 0 Å². The first-order valence-corrected chi connectivity index (χ1v) is 13.5. The Hall–Kier alpha value is -2.68. The molecule has 0 amide bonds. The highest BCUT2D eigenvalue weighted by atomic mass is 16.5. The molecule has 0 aliphatic heterocycles. The summed E-state index contributed by atoms with van der Waals surface area (Å²) in [5.41, 5.74) is 4.87. The summed E-state index contributed by atoms with van der Waals surface area (Å²) < 4.78 is 5.40. The van der Waals surface area contributed by atoms with Crippen LogP contribution in [0.25, 0.3) is 28.6 Å². The summed E-state index contributed by atoms with van der Waals surface area (Å²) in [6, 6.07) is 17.5. The van der Waals surface area contributed by atoms with Crippen LogP contribution in [0.15, 0.2) is 59.1 Å². The number of benzene rings is 2. The molecule has 3 heteroatoms. The Bertz CT molecular complexity index is 954. The number of nitrogens with zero attached hydrogens (tertiary/aromatic N) is 2. The van der Waals surface area contributed by atoms with E-state index in [1.54, 1.807) is 0 Å². The van der Waals surface area contributed by atoms with E-state index in [2.05, 4.69) is 78.6 Å². The average Bonchev–Trinajstić information content (AvgIpc) is 3.35. The highest BCUT2D eigenvalue weighted by molar-refractivity contribution is 5.68. The summed E-state index contributed by atoms with van der Waals surface area (Å²) in [6.45, 7) is 4.52. The molecule has 3 rings (SSSR count). The van der Waals surface area contributed by atoms with Crippen molar-refractivity contribution in [3.05, 3.63) is 66.1 Å². The van der Waals surface area contributed by atoms with Gasteiger partial charge in [0, 0.05) is 5.56 Å². The largest absolute Gasteiger partial charge is 0.334 e. The molecule has 1 aromatic heterocycles. The minimum Gasteiger partial charge on any atom is -0.334 e. The van der Waals surface area contributed by atoms with Crippen LogP contribution in [0.4, 0.5) is 0 Å². The number of allylic oxidation sites excluding steroid dienone is 1. The second kappa shape index (κ2) is 15.3. The van der Waals surface area contributed by atoms with Crippen LogP contribution in [0.2, 0.25) is 0 Å². The summed E-state index contributed by atoms with van der Waals surface area (Å²) in [7, 11) is 0. The second-order valence-corrected chi connectivity index (χ2v) is 9.35. The summed E-state index contributed by atoms with van der Waals surface area (Å²) >= 11 is 0. The van der Waals surface area contributed by atoms with Gasteiger partial charge in [-0.05, 0) is 48.4 Å². The number of aryl methyl sites for hydroxylation is 1. The van der Waals surface area contributed by atoms with Crippen molar-refractivity contribution in [2.45, 2.75) is 97.3 Å². The molecule has 0 bridgehead atoms. The fourth-order valence-electron chi connectivity index (χ4n) is 4.26. The van der Waals surface area contributed by atoms with Crippen LogP contribution in [-0.2, 0) is 6.42 Å². The molecular formula is C31H42N2O. The molecule has 34 heavy (non-hydrogen) atoms. The maximum atomic E-state index is 5.40. The Balaban J connectivity index is 1.46. The number of unbranched alkanes of at least 4 members (excludes halogenated alkanes) is 10. The molecular weight excluding hydrogens is 416 g/mol. The Kier molecular flexibility index (Phi) is 11.6. The van der Waals surface area contributed by atoms with Gasteiger partial charge in [-0.15, -0.1) is 0 Å². The Morgan fingerprint density at radius 3 is 1.88 bits per heavy atom. The summed E-state index contributed by atoms with van der Waals surface area (Å²) in [6.07, 6.45) is 20.9. The van der Waals surface area contributed by atoms with Gasteiger partial charge in [-0.2, -0.15) is 4.98 Å². The molecule has 0 radical (unpaired) electrons. The molecule has 0 aliphatic rings. The number of aromatic nitrogens is 2. The average molecular weight is 459 g/mol. The monoisotopic (exact) mass is 458 g/mol. The summed E-state index contributed by atoms with van der Waals surface area (Å²) in [5, 5.41) is 4.15. The topological polar surface area (TPSA) is 38.9 Å². The highest BCUT2D eigenvalue weighted by Crippen LogP contribution is 2.24. The zero-order chi connectivity index (χ0) is 23.8. The third kappa shape index (κ3) is 8.93. The van der Waals surface area contributed by atoms with Gasteiger partial charge < -0.3 is 4.52 Å². The van der Waals surface area contributed by atoms with Crippen LogP contribution in [0, 0.1) is 0 Å². The van der Waals surface area contributed by atoms with Gasteiger partial charge in [-0.3, -0.25) is 0 Å². The molecule has 0 aliphatic carbocycles. The van der Waals surface area contributed by atoms with Crippen molar-refractivity contribution in [1.29, 1.82) is 0 Å². The van der Waals surface area contributed by atoms with E-state index in [0.29, 0.717) is 11.7 Å². The first-order valence-electron chi connectivity index (χ1n) is 13.5. The number of rotatable bonds is 16. The van der Waals surface area contributed by atoms with Crippen LogP contribution in [0.5, 0.6) is 0 Å². The van der Waals surface area contributed by atoms with Crippen molar-refractivity contribution < 1.29 is 4.52 Å². The van der Waals surface area contributed by atoms with Gasteiger partial charge in [0.2, 0.25) is 5.82 Å². The first kappa shape index (κ1) is 25.9. The van der Waals surface area contributed by atoms with Crippen molar-refractivity contribution in [3.8, 4) is 22.5 Å². The van der Waals surface area contributed by atoms with Gasteiger partial charge >= 0.3 is 0 Å². The lowest BCUT2D eigenvalue weighted by Gasteiger charge is -2.06. The normalized spacial score (nSPS) is 11.5. The van der Waals surface area contributed by atoms with Crippen molar-refractivity contribution in [2.75, 3.05) is 0 Å². The minimum atomic E-state index is 0.577.